The van der Waals surface area contributed by atoms with E-state index in [0.717, 1.165) is 35.1 Å². The summed E-state index contributed by atoms with van der Waals surface area (Å²) in [6.45, 7) is 3.99. The largest absolute Gasteiger partial charge is 0.313 e. The van der Waals surface area contributed by atoms with Crippen LogP contribution in [-0.2, 0) is 6.54 Å². The molecule has 0 aliphatic carbocycles. The first-order chi connectivity index (χ1) is 9.20. The van der Waals surface area contributed by atoms with Gasteiger partial charge in [-0.1, -0.05) is 48.3 Å². The van der Waals surface area contributed by atoms with Crippen molar-refractivity contribution >= 4 is 23.2 Å². The quantitative estimate of drug-likeness (QED) is 0.751. The molecular formula is C16H17Cl2N. The number of hydrogen-bond acceptors (Lipinski definition) is 1. The van der Waals surface area contributed by atoms with Crippen LogP contribution in [0.2, 0.25) is 10.0 Å². The van der Waals surface area contributed by atoms with Gasteiger partial charge < -0.3 is 5.32 Å². The standard InChI is InChI=1S/C16H17Cl2N/c1-2-9-19-11-13-10-15(18)7-8-16(13)12-3-5-14(17)6-4-12/h3-8,10,19H,2,9,11H2,1H3. The van der Waals surface area contributed by atoms with Crippen LogP contribution in [0.1, 0.15) is 18.9 Å². The Morgan fingerprint density at radius 3 is 2.32 bits per heavy atom. The van der Waals surface area contributed by atoms with Gasteiger partial charge in [-0.2, -0.15) is 0 Å². The lowest BCUT2D eigenvalue weighted by molar-refractivity contribution is 0.676. The van der Waals surface area contributed by atoms with E-state index in [4.69, 9.17) is 23.2 Å². The van der Waals surface area contributed by atoms with Crippen LogP contribution < -0.4 is 5.32 Å². The second-order valence-corrected chi connectivity index (χ2v) is 5.36. The van der Waals surface area contributed by atoms with Gasteiger partial charge in [0.05, 0.1) is 0 Å². The molecule has 2 aromatic rings. The fourth-order valence-electron chi connectivity index (χ4n) is 2.02. The lowest BCUT2D eigenvalue weighted by Gasteiger charge is -2.11. The van der Waals surface area contributed by atoms with Crippen LogP contribution in [0.4, 0.5) is 0 Å². The summed E-state index contributed by atoms with van der Waals surface area (Å²) in [5.41, 5.74) is 3.57. The monoisotopic (exact) mass is 293 g/mol. The second kappa shape index (κ2) is 6.95. The smallest absolute Gasteiger partial charge is 0.0409 e. The van der Waals surface area contributed by atoms with Gasteiger partial charge in [-0.15, -0.1) is 0 Å². The molecule has 0 heterocycles. The van der Waals surface area contributed by atoms with Crippen LogP contribution in [0.25, 0.3) is 11.1 Å². The normalized spacial score (nSPS) is 10.7. The van der Waals surface area contributed by atoms with Crippen molar-refractivity contribution in [2.75, 3.05) is 6.54 Å². The molecule has 1 N–H and O–H groups in total. The number of nitrogens with one attached hydrogen (secondary N) is 1. The highest BCUT2D eigenvalue weighted by atomic mass is 35.5. The first-order valence-corrected chi connectivity index (χ1v) is 7.21. The molecule has 0 fully saturated rings. The summed E-state index contributed by atoms with van der Waals surface area (Å²) in [6, 6.07) is 13.9. The second-order valence-electron chi connectivity index (χ2n) is 4.49. The molecule has 0 saturated carbocycles. The molecular weight excluding hydrogens is 277 g/mol. The minimum Gasteiger partial charge on any atom is -0.313 e. The van der Waals surface area contributed by atoms with E-state index in [2.05, 4.69) is 18.3 Å². The maximum Gasteiger partial charge on any atom is 0.0409 e. The van der Waals surface area contributed by atoms with E-state index in [1.807, 2.05) is 36.4 Å². The van der Waals surface area contributed by atoms with E-state index in [1.165, 1.54) is 11.1 Å². The van der Waals surface area contributed by atoms with Crippen LogP contribution in [0.5, 0.6) is 0 Å². The minimum atomic E-state index is 0.753. The number of hydrogen-bond donors (Lipinski definition) is 1. The van der Waals surface area contributed by atoms with Crippen molar-refractivity contribution < 1.29 is 0 Å². The van der Waals surface area contributed by atoms with Gasteiger partial charge in [0.2, 0.25) is 0 Å². The number of benzene rings is 2. The Balaban J connectivity index is 2.30. The van der Waals surface area contributed by atoms with E-state index in [0.29, 0.717) is 0 Å². The molecule has 100 valence electrons. The molecule has 0 radical (unpaired) electrons. The molecule has 2 aromatic carbocycles. The lowest BCUT2D eigenvalue weighted by atomic mass is 9.99. The van der Waals surface area contributed by atoms with Gasteiger partial charge in [-0.05, 0) is 53.9 Å². The fourth-order valence-corrected chi connectivity index (χ4v) is 2.34. The highest BCUT2D eigenvalue weighted by Crippen LogP contribution is 2.27. The van der Waals surface area contributed by atoms with E-state index in [-0.39, 0.29) is 0 Å². The third-order valence-corrected chi connectivity index (χ3v) is 3.45. The van der Waals surface area contributed by atoms with Crippen molar-refractivity contribution in [1.29, 1.82) is 0 Å². The summed E-state index contributed by atoms with van der Waals surface area (Å²) in [6.07, 6.45) is 1.12. The number of rotatable bonds is 5. The summed E-state index contributed by atoms with van der Waals surface area (Å²) < 4.78 is 0. The van der Waals surface area contributed by atoms with Crippen molar-refractivity contribution in [2.45, 2.75) is 19.9 Å². The molecule has 0 aliphatic heterocycles. The lowest BCUT2D eigenvalue weighted by Crippen LogP contribution is -2.14. The Kier molecular flexibility index (Phi) is 5.26. The molecule has 0 atom stereocenters. The topological polar surface area (TPSA) is 12.0 Å². The van der Waals surface area contributed by atoms with E-state index < -0.39 is 0 Å². The Hall–Kier alpha value is -1.02. The molecule has 0 amide bonds. The predicted molar refractivity (Wildman–Crippen MR) is 83.9 cm³/mol. The zero-order chi connectivity index (χ0) is 13.7. The third-order valence-electron chi connectivity index (χ3n) is 2.96. The van der Waals surface area contributed by atoms with Crippen LogP contribution in [0, 0.1) is 0 Å². The average molecular weight is 294 g/mol. The zero-order valence-corrected chi connectivity index (χ0v) is 12.4. The predicted octanol–water partition coefficient (Wildman–Crippen LogP) is 5.16. The first-order valence-electron chi connectivity index (χ1n) is 6.46. The molecule has 0 aromatic heterocycles. The summed E-state index contributed by atoms with van der Waals surface area (Å²) in [5.74, 6) is 0. The zero-order valence-electron chi connectivity index (χ0n) is 10.9. The van der Waals surface area contributed by atoms with Gasteiger partial charge in [-0.25, -0.2) is 0 Å². The van der Waals surface area contributed by atoms with Gasteiger partial charge in [0.1, 0.15) is 0 Å². The summed E-state index contributed by atoms with van der Waals surface area (Å²) in [7, 11) is 0. The summed E-state index contributed by atoms with van der Waals surface area (Å²) in [4.78, 5) is 0. The molecule has 0 bridgehead atoms. The Labute approximate surface area is 124 Å². The fraction of sp³-hybridized carbons (Fsp3) is 0.250. The number of halogens is 2. The van der Waals surface area contributed by atoms with E-state index in [1.54, 1.807) is 0 Å². The van der Waals surface area contributed by atoms with Crippen LogP contribution in [0.3, 0.4) is 0 Å². The minimum absolute atomic E-state index is 0.753. The Bertz CT molecular complexity index is 535. The van der Waals surface area contributed by atoms with E-state index in [9.17, 15) is 0 Å². The van der Waals surface area contributed by atoms with Gasteiger partial charge >= 0.3 is 0 Å². The molecule has 0 saturated heterocycles. The van der Waals surface area contributed by atoms with Crippen molar-refractivity contribution in [3.63, 3.8) is 0 Å². The summed E-state index contributed by atoms with van der Waals surface area (Å²) in [5, 5.41) is 4.94. The molecule has 1 nitrogen and oxygen atoms in total. The molecule has 0 aliphatic rings. The van der Waals surface area contributed by atoms with E-state index >= 15 is 0 Å². The van der Waals surface area contributed by atoms with Crippen molar-refractivity contribution in [3.05, 3.63) is 58.1 Å². The average Bonchev–Trinajstić information content (AvgIpc) is 2.41. The Morgan fingerprint density at radius 2 is 1.63 bits per heavy atom. The van der Waals surface area contributed by atoms with Crippen molar-refractivity contribution in [3.8, 4) is 11.1 Å². The SMILES string of the molecule is CCCNCc1cc(Cl)ccc1-c1ccc(Cl)cc1. The molecule has 19 heavy (non-hydrogen) atoms. The highest BCUT2D eigenvalue weighted by molar-refractivity contribution is 6.31. The molecule has 2 rings (SSSR count). The third kappa shape index (κ3) is 3.97. The van der Waals surface area contributed by atoms with Crippen LogP contribution in [-0.4, -0.2) is 6.54 Å². The van der Waals surface area contributed by atoms with Gasteiger partial charge in [-0.3, -0.25) is 0 Å². The van der Waals surface area contributed by atoms with Gasteiger partial charge in [0.25, 0.3) is 0 Å². The van der Waals surface area contributed by atoms with Crippen LogP contribution in [0.15, 0.2) is 42.5 Å². The maximum atomic E-state index is 6.09. The highest BCUT2D eigenvalue weighted by Gasteiger charge is 2.06. The van der Waals surface area contributed by atoms with Crippen molar-refractivity contribution in [1.82, 2.24) is 5.32 Å². The van der Waals surface area contributed by atoms with Crippen molar-refractivity contribution in [2.24, 2.45) is 0 Å². The summed E-state index contributed by atoms with van der Waals surface area (Å²) >= 11 is 12.0. The molecule has 0 unspecified atom stereocenters. The molecule has 3 heteroatoms. The van der Waals surface area contributed by atoms with Gasteiger partial charge in [0, 0.05) is 16.6 Å². The maximum absolute atomic E-state index is 6.09. The molecule has 0 spiro atoms. The first kappa shape index (κ1) is 14.4. The van der Waals surface area contributed by atoms with Crippen LogP contribution >= 0.6 is 23.2 Å². The van der Waals surface area contributed by atoms with Gasteiger partial charge in [0.15, 0.2) is 0 Å². The Morgan fingerprint density at radius 1 is 0.947 bits per heavy atom.